The summed E-state index contributed by atoms with van der Waals surface area (Å²) in [6.07, 6.45) is 0. The zero-order valence-corrected chi connectivity index (χ0v) is 11.1. The topological polar surface area (TPSA) is 43.1 Å². The molecule has 1 aromatic carbocycles. The highest BCUT2D eigenvalue weighted by atomic mass is 32.2. The van der Waals surface area contributed by atoms with E-state index in [0.29, 0.717) is 22.4 Å². The number of nitrogen functional groups attached to an aromatic ring is 1. The van der Waals surface area contributed by atoms with Crippen LogP contribution in [0.25, 0.3) is 0 Å². The summed E-state index contributed by atoms with van der Waals surface area (Å²) in [7, 11) is 0. The molecule has 1 rings (SSSR count). The Labute approximate surface area is 102 Å². The Kier molecular flexibility index (Phi) is 4.42. The minimum absolute atomic E-state index is 0.0194. The lowest BCUT2D eigenvalue weighted by Gasteiger charge is -2.15. The fourth-order valence-electron chi connectivity index (χ4n) is 1.29. The molecule has 0 saturated carbocycles. The van der Waals surface area contributed by atoms with Crippen LogP contribution in [0.4, 0.5) is 5.69 Å². The van der Waals surface area contributed by atoms with Gasteiger partial charge in [-0.15, -0.1) is 11.8 Å². The Morgan fingerprint density at radius 2 is 1.94 bits per heavy atom. The molecule has 0 spiro atoms. The Morgan fingerprint density at radius 1 is 1.31 bits per heavy atom. The molecule has 0 radical (unpaired) electrons. The van der Waals surface area contributed by atoms with E-state index >= 15 is 0 Å². The molecule has 0 amide bonds. The molecule has 2 nitrogen and oxygen atoms in total. The molecule has 0 aliphatic heterocycles. The van der Waals surface area contributed by atoms with Crippen molar-refractivity contribution in [1.29, 1.82) is 0 Å². The second-order valence-corrected chi connectivity index (χ2v) is 5.82. The number of Topliss-reactive ketones (excluding diaryl/α,β-unsaturated/α-hetero) is 1. The predicted molar refractivity (Wildman–Crippen MR) is 71.0 cm³/mol. The van der Waals surface area contributed by atoms with Crippen molar-refractivity contribution < 1.29 is 4.79 Å². The number of carbonyl (C=O) groups excluding carboxylic acids is 1. The summed E-state index contributed by atoms with van der Waals surface area (Å²) in [5.74, 6) is 0.643. The van der Waals surface area contributed by atoms with Gasteiger partial charge in [0, 0.05) is 21.4 Å². The first kappa shape index (κ1) is 13.1. The van der Waals surface area contributed by atoms with E-state index in [0.717, 1.165) is 4.90 Å². The molecule has 16 heavy (non-hydrogen) atoms. The molecule has 1 unspecified atom stereocenters. The van der Waals surface area contributed by atoms with Gasteiger partial charge in [0.25, 0.3) is 0 Å². The lowest BCUT2D eigenvalue weighted by atomic mass is 10.1. The molecule has 0 aromatic heterocycles. The number of hydrogen-bond acceptors (Lipinski definition) is 3. The maximum atomic E-state index is 11.2. The van der Waals surface area contributed by atoms with Crippen molar-refractivity contribution >= 4 is 23.2 Å². The quantitative estimate of drug-likeness (QED) is 0.494. The molecule has 0 bridgehead atoms. The molecule has 1 atom stereocenters. The molecule has 88 valence electrons. The van der Waals surface area contributed by atoms with Gasteiger partial charge in [-0.3, -0.25) is 4.79 Å². The fourth-order valence-corrected chi connectivity index (χ4v) is 2.33. The van der Waals surface area contributed by atoms with E-state index in [2.05, 4.69) is 20.8 Å². The molecular weight excluding hydrogens is 218 g/mol. The number of nitrogens with two attached hydrogens (primary N) is 1. The number of benzene rings is 1. The number of ketones is 1. The Bertz CT molecular complexity index is 388. The van der Waals surface area contributed by atoms with Crippen molar-refractivity contribution in [1.82, 2.24) is 0 Å². The van der Waals surface area contributed by atoms with Crippen molar-refractivity contribution in [2.45, 2.75) is 37.8 Å². The fraction of sp³-hybridized carbons (Fsp3) is 0.462. The highest BCUT2D eigenvalue weighted by Gasteiger charge is 2.11. The summed E-state index contributed by atoms with van der Waals surface area (Å²) >= 11 is 1.79. The molecular formula is C13H19NOS. The van der Waals surface area contributed by atoms with Crippen LogP contribution in [0.1, 0.15) is 38.1 Å². The third kappa shape index (κ3) is 3.27. The van der Waals surface area contributed by atoms with Crippen LogP contribution >= 0.6 is 11.8 Å². The minimum atomic E-state index is 0.0194. The van der Waals surface area contributed by atoms with Crippen LogP contribution in [0, 0.1) is 5.92 Å². The molecule has 0 fully saturated rings. The summed E-state index contributed by atoms with van der Waals surface area (Å²) in [5, 5.41) is 0.544. The minimum Gasteiger partial charge on any atom is -0.398 e. The van der Waals surface area contributed by atoms with Gasteiger partial charge < -0.3 is 5.73 Å². The van der Waals surface area contributed by atoms with Gasteiger partial charge in [0.05, 0.1) is 0 Å². The first-order valence-corrected chi connectivity index (χ1v) is 6.37. The Balaban J connectivity index is 2.85. The second kappa shape index (κ2) is 5.39. The van der Waals surface area contributed by atoms with Crippen LogP contribution in [0.15, 0.2) is 23.1 Å². The first-order valence-electron chi connectivity index (χ1n) is 5.49. The molecule has 0 saturated heterocycles. The smallest absolute Gasteiger partial charge is 0.161 e. The van der Waals surface area contributed by atoms with Crippen molar-refractivity contribution in [3.8, 4) is 0 Å². The van der Waals surface area contributed by atoms with Gasteiger partial charge in [0.15, 0.2) is 5.78 Å². The van der Waals surface area contributed by atoms with Crippen molar-refractivity contribution in [3.05, 3.63) is 23.8 Å². The highest BCUT2D eigenvalue weighted by Crippen LogP contribution is 2.30. The van der Waals surface area contributed by atoms with Crippen molar-refractivity contribution in [2.75, 3.05) is 5.73 Å². The molecule has 0 aliphatic rings. The molecule has 0 aliphatic carbocycles. The number of anilines is 1. The maximum Gasteiger partial charge on any atom is 0.161 e. The third-order valence-corrected chi connectivity index (χ3v) is 4.11. The Morgan fingerprint density at radius 3 is 2.38 bits per heavy atom. The van der Waals surface area contributed by atoms with Crippen LogP contribution in [0.5, 0.6) is 0 Å². The first-order chi connectivity index (χ1) is 7.41. The maximum absolute atomic E-state index is 11.2. The number of rotatable bonds is 4. The number of thioether (sulfide) groups is 1. The van der Waals surface area contributed by atoms with Crippen LogP contribution in [-0.4, -0.2) is 11.0 Å². The highest BCUT2D eigenvalue weighted by molar-refractivity contribution is 8.00. The van der Waals surface area contributed by atoms with Gasteiger partial charge in [-0.1, -0.05) is 20.8 Å². The van der Waals surface area contributed by atoms with Gasteiger partial charge >= 0.3 is 0 Å². The molecule has 3 heteroatoms. The summed E-state index contributed by atoms with van der Waals surface area (Å²) < 4.78 is 0. The van der Waals surface area contributed by atoms with Crippen LogP contribution in [0.2, 0.25) is 0 Å². The lowest BCUT2D eigenvalue weighted by Crippen LogP contribution is -2.05. The summed E-state index contributed by atoms with van der Waals surface area (Å²) in [6.45, 7) is 8.13. The summed E-state index contributed by atoms with van der Waals surface area (Å²) in [6, 6.07) is 5.67. The van der Waals surface area contributed by atoms with E-state index in [1.54, 1.807) is 11.8 Å². The monoisotopic (exact) mass is 237 g/mol. The number of carbonyl (C=O) groups is 1. The predicted octanol–water partition coefficient (Wildman–Crippen LogP) is 3.61. The second-order valence-electron chi connectivity index (χ2n) is 4.37. The largest absolute Gasteiger partial charge is 0.398 e. The zero-order valence-electron chi connectivity index (χ0n) is 10.3. The number of hydrogen-bond donors (Lipinski definition) is 1. The average molecular weight is 237 g/mol. The molecule has 2 N–H and O–H groups in total. The SMILES string of the molecule is CC(=O)c1ccc(SC(C)C(C)C)cc1N. The average Bonchev–Trinajstić information content (AvgIpc) is 2.16. The van der Waals surface area contributed by atoms with Crippen LogP contribution in [0.3, 0.4) is 0 Å². The van der Waals surface area contributed by atoms with Gasteiger partial charge in [-0.2, -0.15) is 0 Å². The van der Waals surface area contributed by atoms with Gasteiger partial charge in [0.1, 0.15) is 0 Å². The third-order valence-electron chi connectivity index (χ3n) is 2.66. The van der Waals surface area contributed by atoms with E-state index in [1.807, 2.05) is 18.2 Å². The van der Waals surface area contributed by atoms with Gasteiger partial charge in [-0.25, -0.2) is 0 Å². The van der Waals surface area contributed by atoms with E-state index in [4.69, 9.17) is 5.73 Å². The van der Waals surface area contributed by atoms with E-state index in [9.17, 15) is 4.79 Å². The summed E-state index contributed by atoms with van der Waals surface area (Å²) in [4.78, 5) is 12.3. The molecule has 1 aromatic rings. The van der Waals surface area contributed by atoms with Crippen molar-refractivity contribution in [3.63, 3.8) is 0 Å². The lowest BCUT2D eigenvalue weighted by molar-refractivity contribution is 0.101. The van der Waals surface area contributed by atoms with E-state index < -0.39 is 0 Å². The van der Waals surface area contributed by atoms with Gasteiger partial charge in [0.2, 0.25) is 0 Å². The standard InChI is InChI=1S/C13H19NOS/c1-8(2)10(4)16-11-5-6-12(9(3)15)13(14)7-11/h5-8,10H,14H2,1-4H3. The Hall–Kier alpha value is -0.960. The van der Waals surface area contributed by atoms with Gasteiger partial charge in [-0.05, 0) is 31.0 Å². The van der Waals surface area contributed by atoms with E-state index in [1.165, 1.54) is 6.92 Å². The molecule has 0 heterocycles. The van der Waals surface area contributed by atoms with Crippen molar-refractivity contribution in [2.24, 2.45) is 5.92 Å². The zero-order chi connectivity index (χ0) is 12.3. The summed E-state index contributed by atoms with van der Waals surface area (Å²) in [5.41, 5.74) is 7.03. The van der Waals surface area contributed by atoms with E-state index in [-0.39, 0.29) is 5.78 Å². The normalized spacial score (nSPS) is 12.8. The van der Waals surface area contributed by atoms with Crippen LogP contribution in [-0.2, 0) is 0 Å². The van der Waals surface area contributed by atoms with Crippen LogP contribution < -0.4 is 5.73 Å².